The lowest BCUT2D eigenvalue weighted by molar-refractivity contribution is -0.142. The summed E-state index contributed by atoms with van der Waals surface area (Å²) in [5, 5.41) is 11.6. The highest BCUT2D eigenvalue weighted by molar-refractivity contribution is 5.83. The van der Waals surface area contributed by atoms with Crippen LogP contribution in [0.25, 0.3) is 0 Å². The molecule has 18 heavy (non-hydrogen) atoms. The van der Waals surface area contributed by atoms with Crippen LogP contribution in [0.4, 0.5) is 4.79 Å². The van der Waals surface area contributed by atoms with Gasteiger partial charge in [-0.15, -0.1) is 6.42 Å². The van der Waals surface area contributed by atoms with Crippen molar-refractivity contribution < 1.29 is 14.7 Å². The van der Waals surface area contributed by atoms with Gasteiger partial charge in [0.15, 0.2) is 0 Å². The molecule has 0 aromatic carbocycles. The normalized spacial score (nSPS) is 12.4. The average molecular weight is 254 g/mol. The summed E-state index contributed by atoms with van der Waals surface area (Å²) in [7, 11) is 0. The Kier molecular flexibility index (Phi) is 6.24. The van der Waals surface area contributed by atoms with Crippen LogP contribution in [0.1, 0.15) is 34.1 Å². The molecule has 0 rings (SSSR count). The molecule has 0 saturated carbocycles. The number of rotatable bonds is 5. The molecule has 1 atom stereocenters. The molecule has 0 heterocycles. The molecule has 0 fully saturated rings. The lowest BCUT2D eigenvalue weighted by atomic mass is 9.87. The molecule has 0 aliphatic rings. The lowest BCUT2D eigenvalue weighted by Crippen LogP contribution is -2.53. The predicted octanol–water partition coefficient (Wildman–Crippen LogP) is 1.54. The summed E-state index contributed by atoms with van der Waals surface area (Å²) in [4.78, 5) is 24.5. The van der Waals surface area contributed by atoms with Crippen molar-refractivity contribution in [2.45, 2.75) is 40.2 Å². The fraction of sp³-hybridized carbons (Fsp3) is 0.692. The Morgan fingerprint density at radius 3 is 2.33 bits per heavy atom. The van der Waals surface area contributed by atoms with E-state index in [1.54, 1.807) is 20.8 Å². The molecule has 5 nitrogen and oxygen atoms in total. The average Bonchev–Trinajstić information content (AvgIpc) is 2.23. The highest BCUT2D eigenvalue weighted by Crippen LogP contribution is 2.19. The third-order valence-electron chi connectivity index (χ3n) is 2.44. The summed E-state index contributed by atoms with van der Waals surface area (Å²) in [5.41, 5.74) is -0.560. The van der Waals surface area contributed by atoms with Crippen LogP contribution >= 0.6 is 0 Å². The van der Waals surface area contributed by atoms with E-state index in [0.29, 0.717) is 6.54 Å². The van der Waals surface area contributed by atoms with Crippen LogP contribution in [0.5, 0.6) is 0 Å². The first-order valence-corrected chi connectivity index (χ1v) is 5.95. The first-order valence-electron chi connectivity index (χ1n) is 5.95. The highest BCUT2D eigenvalue weighted by Gasteiger charge is 2.33. The molecule has 0 aromatic rings. The molecule has 2 amide bonds. The van der Waals surface area contributed by atoms with E-state index in [9.17, 15) is 9.59 Å². The van der Waals surface area contributed by atoms with Gasteiger partial charge >= 0.3 is 12.0 Å². The number of amides is 2. The minimum atomic E-state index is -1.05. The van der Waals surface area contributed by atoms with Gasteiger partial charge in [-0.05, 0) is 11.8 Å². The number of hydrogen-bond donors (Lipinski definition) is 2. The summed E-state index contributed by atoms with van der Waals surface area (Å²) >= 11 is 0. The van der Waals surface area contributed by atoms with Crippen LogP contribution in [0.15, 0.2) is 0 Å². The van der Waals surface area contributed by atoms with Crippen LogP contribution in [-0.2, 0) is 4.79 Å². The second-order valence-corrected chi connectivity index (χ2v) is 5.21. The lowest BCUT2D eigenvalue weighted by Gasteiger charge is -2.30. The first kappa shape index (κ1) is 16.3. The van der Waals surface area contributed by atoms with E-state index in [1.165, 1.54) is 4.90 Å². The molecule has 2 N–H and O–H groups in total. The number of carboxylic acid groups (broad SMARTS) is 1. The maximum atomic E-state index is 11.9. The molecule has 0 aromatic heterocycles. The van der Waals surface area contributed by atoms with Crippen molar-refractivity contribution in [3.8, 4) is 12.3 Å². The van der Waals surface area contributed by atoms with Crippen LogP contribution in [0.2, 0.25) is 0 Å². The molecule has 0 radical (unpaired) electrons. The van der Waals surface area contributed by atoms with Gasteiger partial charge in [-0.25, -0.2) is 9.59 Å². The Balaban J connectivity index is 4.78. The van der Waals surface area contributed by atoms with Crippen molar-refractivity contribution in [2.75, 3.05) is 13.1 Å². The van der Waals surface area contributed by atoms with Crippen molar-refractivity contribution in [1.82, 2.24) is 10.2 Å². The van der Waals surface area contributed by atoms with Crippen molar-refractivity contribution >= 4 is 12.0 Å². The SMILES string of the molecule is C#CCN(CCC)C(=O)NC(C(=O)O)C(C)(C)C. The standard InChI is InChI=1S/C13H22N2O3/c1-6-8-15(9-7-2)12(18)14-10(11(16)17)13(3,4)5/h1,10H,7-9H2,2-5H3,(H,14,18)(H,16,17). The van der Waals surface area contributed by atoms with E-state index >= 15 is 0 Å². The minimum absolute atomic E-state index is 0.177. The van der Waals surface area contributed by atoms with E-state index in [4.69, 9.17) is 11.5 Å². The van der Waals surface area contributed by atoms with Crippen LogP contribution in [0, 0.1) is 17.8 Å². The number of carbonyl (C=O) groups excluding carboxylic acids is 1. The third-order valence-corrected chi connectivity index (χ3v) is 2.44. The van der Waals surface area contributed by atoms with Gasteiger partial charge in [-0.1, -0.05) is 33.6 Å². The molecule has 102 valence electrons. The fourth-order valence-electron chi connectivity index (χ4n) is 1.50. The molecule has 0 saturated heterocycles. The second kappa shape index (κ2) is 6.90. The van der Waals surface area contributed by atoms with Crippen LogP contribution in [-0.4, -0.2) is 41.1 Å². The van der Waals surface area contributed by atoms with Gasteiger partial charge in [-0.2, -0.15) is 0 Å². The van der Waals surface area contributed by atoms with Crippen LogP contribution in [0.3, 0.4) is 0 Å². The predicted molar refractivity (Wildman–Crippen MR) is 70.1 cm³/mol. The summed E-state index contributed by atoms with van der Waals surface area (Å²) in [6.45, 7) is 7.89. The van der Waals surface area contributed by atoms with Gasteiger partial charge in [0.1, 0.15) is 6.04 Å². The monoisotopic (exact) mass is 254 g/mol. The maximum Gasteiger partial charge on any atom is 0.326 e. The maximum absolute atomic E-state index is 11.9. The molecule has 0 bridgehead atoms. The van der Waals surface area contributed by atoms with Gasteiger partial charge in [-0.3, -0.25) is 0 Å². The molecule has 5 heteroatoms. The van der Waals surface area contributed by atoms with Crippen molar-refractivity contribution in [2.24, 2.45) is 5.41 Å². The third kappa shape index (κ3) is 5.09. The first-order chi connectivity index (χ1) is 8.23. The molecular formula is C13H22N2O3. The van der Waals surface area contributed by atoms with Gasteiger partial charge in [0.05, 0.1) is 6.54 Å². The van der Waals surface area contributed by atoms with Crippen molar-refractivity contribution in [3.63, 3.8) is 0 Å². The van der Waals surface area contributed by atoms with Gasteiger partial charge in [0.2, 0.25) is 0 Å². The number of carbonyl (C=O) groups is 2. The number of hydrogen-bond acceptors (Lipinski definition) is 2. The molecule has 1 unspecified atom stereocenters. The van der Waals surface area contributed by atoms with E-state index < -0.39 is 23.5 Å². The zero-order chi connectivity index (χ0) is 14.3. The number of nitrogens with one attached hydrogen (secondary N) is 1. The van der Waals surface area contributed by atoms with E-state index in [0.717, 1.165) is 6.42 Å². The van der Waals surface area contributed by atoms with Crippen LogP contribution < -0.4 is 5.32 Å². The Morgan fingerprint density at radius 1 is 1.44 bits per heavy atom. The molecular weight excluding hydrogens is 232 g/mol. The molecule has 0 spiro atoms. The number of carboxylic acids is 1. The molecule has 0 aliphatic carbocycles. The summed E-state index contributed by atoms with van der Waals surface area (Å²) < 4.78 is 0. The Bertz CT molecular complexity index is 339. The molecule has 0 aliphatic heterocycles. The highest BCUT2D eigenvalue weighted by atomic mass is 16.4. The van der Waals surface area contributed by atoms with E-state index in [-0.39, 0.29) is 6.54 Å². The van der Waals surface area contributed by atoms with Gasteiger partial charge < -0.3 is 15.3 Å². The van der Waals surface area contributed by atoms with Gasteiger partial charge in [0.25, 0.3) is 0 Å². The second-order valence-electron chi connectivity index (χ2n) is 5.21. The number of urea groups is 1. The minimum Gasteiger partial charge on any atom is -0.480 e. The number of terminal acetylenes is 1. The zero-order valence-corrected chi connectivity index (χ0v) is 11.5. The Morgan fingerprint density at radius 2 is 2.00 bits per heavy atom. The Hall–Kier alpha value is -1.70. The number of aliphatic carboxylic acids is 1. The zero-order valence-electron chi connectivity index (χ0n) is 11.5. The summed E-state index contributed by atoms with van der Waals surface area (Å²) in [6, 6.07) is -1.38. The van der Waals surface area contributed by atoms with Gasteiger partial charge in [0, 0.05) is 6.54 Å². The summed E-state index contributed by atoms with van der Waals surface area (Å²) in [6.07, 6.45) is 5.95. The largest absolute Gasteiger partial charge is 0.480 e. The van der Waals surface area contributed by atoms with E-state index in [1.807, 2.05) is 6.92 Å². The van der Waals surface area contributed by atoms with Crippen molar-refractivity contribution in [3.05, 3.63) is 0 Å². The van der Waals surface area contributed by atoms with Crippen molar-refractivity contribution in [1.29, 1.82) is 0 Å². The van der Waals surface area contributed by atoms with E-state index in [2.05, 4.69) is 11.2 Å². The Labute approximate surface area is 109 Å². The summed E-state index contributed by atoms with van der Waals surface area (Å²) in [5.74, 6) is 1.34. The number of nitrogens with zero attached hydrogens (tertiary/aromatic N) is 1. The topological polar surface area (TPSA) is 69.6 Å². The fourth-order valence-corrected chi connectivity index (χ4v) is 1.50. The quantitative estimate of drug-likeness (QED) is 0.731. The smallest absolute Gasteiger partial charge is 0.326 e.